The van der Waals surface area contributed by atoms with Crippen molar-refractivity contribution in [1.82, 2.24) is 5.32 Å². The molecule has 0 atom stereocenters. The van der Waals surface area contributed by atoms with Crippen LogP contribution in [-0.4, -0.2) is 40.2 Å². The van der Waals surface area contributed by atoms with Crippen molar-refractivity contribution in [3.63, 3.8) is 0 Å². The van der Waals surface area contributed by atoms with Crippen molar-refractivity contribution >= 4 is 27.3 Å². The van der Waals surface area contributed by atoms with Crippen LogP contribution in [0, 0.1) is 6.92 Å². The number of anilines is 2. The van der Waals surface area contributed by atoms with E-state index in [1.807, 2.05) is 31.2 Å². The molecule has 30 heavy (non-hydrogen) atoms. The molecular formula is C23H33N3O3S. The maximum atomic E-state index is 12.2. The van der Waals surface area contributed by atoms with Crippen molar-refractivity contribution in [2.75, 3.05) is 35.1 Å². The number of hydrogen-bond donors (Lipinski definition) is 1. The highest BCUT2D eigenvalue weighted by Gasteiger charge is 2.17. The zero-order valence-corrected chi connectivity index (χ0v) is 19.2. The summed E-state index contributed by atoms with van der Waals surface area (Å²) in [7, 11) is -3.40. The highest BCUT2D eigenvalue weighted by molar-refractivity contribution is 7.92. The van der Waals surface area contributed by atoms with Gasteiger partial charge in [-0.2, -0.15) is 0 Å². The largest absolute Gasteiger partial charge is 0.372 e. The Morgan fingerprint density at radius 3 is 2.03 bits per heavy atom. The molecule has 0 unspecified atom stereocenters. The molecule has 1 N–H and O–H groups in total. The van der Waals surface area contributed by atoms with Crippen LogP contribution in [0.1, 0.15) is 37.8 Å². The zero-order valence-electron chi connectivity index (χ0n) is 18.4. The third-order valence-corrected chi connectivity index (χ3v) is 6.24. The fourth-order valence-electron chi connectivity index (χ4n) is 3.28. The molecule has 2 aromatic carbocycles. The lowest BCUT2D eigenvalue weighted by atomic mass is 10.2. The summed E-state index contributed by atoms with van der Waals surface area (Å²) < 4.78 is 25.6. The van der Waals surface area contributed by atoms with Gasteiger partial charge in [0.25, 0.3) is 0 Å². The summed E-state index contributed by atoms with van der Waals surface area (Å²) in [5.74, 6) is -0.0832. The molecule has 0 saturated heterocycles. The lowest BCUT2D eigenvalue weighted by Crippen LogP contribution is -2.32. The smallest absolute Gasteiger partial charge is 0.232 e. The van der Waals surface area contributed by atoms with Crippen LogP contribution in [0.5, 0.6) is 0 Å². The van der Waals surface area contributed by atoms with Gasteiger partial charge in [-0.15, -0.1) is 0 Å². The average molecular weight is 432 g/mol. The number of amides is 1. The Kier molecular flexibility index (Phi) is 8.72. The first kappa shape index (κ1) is 23.7. The van der Waals surface area contributed by atoms with Crippen LogP contribution < -0.4 is 14.5 Å². The molecule has 0 aliphatic rings. The van der Waals surface area contributed by atoms with E-state index in [9.17, 15) is 13.2 Å². The summed E-state index contributed by atoms with van der Waals surface area (Å²) in [6.07, 6.45) is 1.91. The number of benzene rings is 2. The first-order valence-electron chi connectivity index (χ1n) is 10.4. The molecule has 0 radical (unpaired) electrons. The molecule has 0 bridgehead atoms. The third-order valence-electron chi connectivity index (χ3n) is 5.04. The molecule has 2 aromatic rings. The van der Waals surface area contributed by atoms with Gasteiger partial charge in [0.15, 0.2) is 0 Å². The number of nitrogens with one attached hydrogen (secondary N) is 1. The Labute approximate surface area is 180 Å². The van der Waals surface area contributed by atoms with Crippen molar-refractivity contribution in [2.45, 2.75) is 40.2 Å². The lowest BCUT2D eigenvalue weighted by molar-refractivity contribution is -0.121. The standard InChI is InChI=1S/C23H33N3O3S/c1-5-25(6-2)21-15-11-20(12-16-21)18-24-23(27)8-7-17-26(30(4,28)29)22-13-9-19(3)10-14-22/h9-16H,5-8,17-18H2,1-4H3,(H,24,27). The van der Waals surface area contributed by atoms with Crippen LogP contribution in [0.4, 0.5) is 11.4 Å². The van der Waals surface area contributed by atoms with Gasteiger partial charge >= 0.3 is 0 Å². The van der Waals surface area contributed by atoms with Gasteiger partial charge in [0.1, 0.15) is 0 Å². The lowest BCUT2D eigenvalue weighted by Gasteiger charge is -2.22. The Morgan fingerprint density at radius 2 is 1.50 bits per heavy atom. The van der Waals surface area contributed by atoms with Crippen LogP contribution in [-0.2, 0) is 21.4 Å². The van der Waals surface area contributed by atoms with E-state index in [2.05, 4.69) is 36.2 Å². The number of hydrogen-bond acceptors (Lipinski definition) is 4. The fourth-order valence-corrected chi connectivity index (χ4v) is 4.25. The number of nitrogens with zero attached hydrogens (tertiary/aromatic N) is 2. The topological polar surface area (TPSA) is 69.7 Å². The minimum atomic E-state index is -3.40. The fraction of sp³-hybridized carbons (Fsp3) is 0.435. The Morgan fingerprint density at radius 1 is 0.933 bits per heavy atom. The van der Waals surface area contributed by atoms with Gasteiger partial charge in [0.2, 0.25) is 15.9 Å². The van der Waals surface area contributed by atoms with Crippen molar-refractivity contribution in [3.05, 3.63) is 59.7 Å². The second-order valence-electron chi connectivity index (χ2n) is 7.39. The molecule has 1 amide bonds. The van der Waals surface area contributed by atoms with E-state index in [0.29, 0.717) is 18.7 Å². The zero-order chi connectivity index (χ0) is 22.1. The molecule has 0 saturated carbocycles. The molecule has 7 heteroatoms. The summed E-state index contributed by atoms with van der Waals surface area (Å²) in [6, 6.07) is 15.5. The minimum Gasteiger partial charge on any atom is -0.372 e. The van der Waals surface area contributed by atoms with Gasteiger partial charge in [-0.25, -0.2) is 8.42 Å². The first-order chi connectivity index (χ1) is 14.2. The normalized spacial score (nSPS) is 11.2. The molecule has 0 aromatic heterocycles. The summed E-state index contributed by atoms with van der Waals surface area (Å²) in [5, 5.41) is 2.91. The second-order valence-corrected chi connectivity index (χ2v) is 9.30. The van der Waals surface area contributed by atoms with E-state index in [4.69, 9.17) is 0 Å². The monoisotopic (exact) mass is 431 g/mol. The molecule has 2 rings (SSSR count). The molecule has 0 aliphatic heterocycles. The van der Waals surface area contributed by atoms with Crippen LogP contribution in [0.2, 0.25) is 0 Å². The quantitative estimate of drug-likeness (QED) is 0.589. The second kappa shape index (κ2) is 11.0. The number of carbonyl (C=O) groups excluding carboxylic acids is 1. The van der Waals surface area contributed by atoms with E-state index >= 15 is 0 Å². The van der Waals surface area contributed by atoms with Gasteiger partial charge in [-0.3, -0.25) is 9.10 Å². The maximum absolute atomic E-state index is 12.2. The van der Waals surface area contributed by atoms with Gasteiger partial charge in [-0.1, -0.05) is 29.8 Å². The molecule has 0 fully saturated rings. The van der Waals surface area contributed by atoms with Crippen molar-refractivity contribution in [3.8, 4) is 0 Å². The van der Waals surface area contributed by atoms with Crippen LogP contribution in [0.15, 0.2) is 48.5 Å². The third kappa shape index (κ3) is 7.06. The van der Waals surface area contributed by atoms with Gasteiger partial charge in [0, 0.05) is 38.3 Å². The molecule has 6 nitrogen and oxygen atoms in total. The maximum Gasteiger partial charge on any atom is 0.232 e. The van der Waals surface area contributed by atoms with E-state index in [0.717, 1.165) is 24.2 Å². The van der Waals surface area contributed by atoms with Gasteiger partial charge < -0.3 is 10.2 Å². The Hall–Kier alpha value is -2.54. The molecule has 0 aliphatic carbocycles. The van der Waals surface area contributed by atoms with Crippen LogP contribution in [0.25, 0.3) is 0 Å². The van der Waals surface area contributed by atoms with E-state index in [-0.39, 0.29) is 18.9 Å². The SMILES string of the molecule is CCN(CC)c1ccc(CNC(=O)CCCN(c2ccc(C)cc2)S(C)(=O)=O)cc1. The highest BCUT2D eigenvalue weighted by atomic mass is 32.2. The van der Waals surface area contributed by atoms with Gasteiger partial charge in [0.05, 0.1) is 11.9 Å². The van der Waals surface area contributed by atoms with Crippen LogP contribution in [0.3, 0.4) is 0 Å². The van der Waals surface area contributed by atoms with Crippen LogP contribution >= 0.6 is 0 Å². The van der Waals surface area contributed by atoms with E-state index in [1.54, 1.807) is 12.1 Å². The molecule has 0 heterocycles. The van der Waals surface area contributed by atoms with Gasteiger partial charge in [-0.05, 0) is 57.0 Å². The highest BCUT2D eigenvalue weighted by Crippen LogP contribution is 2.19. The molecule has 164 valence electrons. The van der Waals surface area contributed by atoms with Crippen molar-refractivity contribution < 1.29 is 13.2 Å². The van der Waals surface area contributed by atoms with E-state index < -0.39 is 10.0 Å². The summed E-state index contributed by atoms with van der Waals surface area (Å²) in [6.45, 7) is 8.86. The number of carbonyl (C=O) groups is 1. The minimum absolute atomic E-state index is 0.0832. The Balaban J connectivity index is 1.84. The predicted molar refractivity (Wildman–Crippen MR) is 124 cm³/mol. The number of rotatable bonds is 11. The number of sulfonamides is 1. The van der Waals surface area contributed by atoms with Crippen molar-refractivity contribution in [1.29, 1.82) is 0 Å². The summed E-state index contributed by atoms with van der Waals surface area (Å²) in [5.41, 5.74) is 3.90. The number of aryl methyl sites for hydroxylation is 1. The summed E-state index contributed by atoms with van der Waals surface area (Å²) >= 11 is 0. The average Bonchev–Trinajstić information content (AvgIpc) is 2.71. The predicted octanol–water partition coefficient (Wildman–Crippen LogP) is 3.70. The first-order valence-corrected chi connectivity index (χ1v) is 12.2. The summed E-state index contributed by atoms with van der Waals surface area (Å²) in [4.78, 5) is 14.5. The van der Waals surface area contributed by atoms with Crippen molar-refractivity contribution in [2.24, 2.45) is 0 Å². The molecule has 0 spiro atoms. The molecular weight excluding hydrogens is 398 g/mol. The van der Waals surface area contributed by atoms with E-state index in [1.165, 1.54) is 16.2 Å². The Bertz CT molecular complexity index is 906.